The van der Waals surface area contributed by atoms with Gasteiger partial charge in [0.1, 0.15) is 18.1 Å². The number of aliphatic hydroxyl groups excluding tert-OH is 1. The number of aromatic nitrogens is 4. The monoisotopic (exact) mass is 564 g/mol. The Morgan fingerprint density at radius 2 is 1.95 bits per heavy atom. The third-order valence-electron chi connectivity index (χ3n) is 6.44. The summed E-state index contributed by atoms with van der Waals surface area (Å²) >= 11 is 0. The number of rotatable bonds is 8. The van der Waals surface area contributed by atoms with Gasteiger partial charge in [0.25, 0.3) is 5.89 Å². The molecule has 4 heterocycles. The fraction of sp³-hybridized carbons (Fsp3) is 0.333. The van der Waals surface area contributed by atoms with Gasteiger partial charge in [-0.15, -0.1) is 10.2 Å². The summed E-state index contributed by atoms with van der Waals surface area (Å²) in [6, 6.07) is 8.30. The van der Waals surface area contributed by atoms with Crippen LogP contribution in [0, 0.1) is 5.82 Å². The lowest BCUT2D eigenvalue weighted by molar-refractivity contribution is -0.135. The fourth-order valence-corrected chi connectivity index (χ4v) is 6.36. The Kier molecular flexibility index (Phi) is 7.27. The number of likely N-dealkylation sites (tertiary alicyclic amines) is 1. The second-order valence-corrected chi connectivity index (χ2v) is 11.1. The van der Waals surface area contributed by atoms with Crippen molar-refractivity contribution in [2.24, 2.45) is 0 Å². The number of sulfonamides is 1. The maximum Gasteiger partial charge on any atom is 0.314 e. The Balaban J connectivity index is 1.44. The van der Waals surface area contributed by atoms with Gasteiger partial charge in [0.15, 0.2) is 0 Å². The van der Waals surface area contributed by atoms with Crippen LogP contribution in [0.2, 0.25) is 0 Å². The first-order valence-corrected chi connectivity index (χ1v) is 13.4. The van der Waals surface area contributed by atoms with Crippen LogP contribution in [-0.4, -0.2) is 68.9 Å². The number of anilines is 1. The molecule has 0 bridgehead atoms. The highest BCUT2D eigenvalue weighted by molar-refractivity contribution is 7.93. The molecule has 1 aliphatic rings. The molecule has 0 unspecified atom stereocenters. The number of alkyl halides is 2. The lowest BCUT2D eigenvalue weighted by atomic mass is 10.1. The highest BCUT2D eigenvalue weighted by Gasteiger charge is 2.36. The van der Waals surface area contributed by atoms with E-state index in [0.29, 0.717) is 16.9 Å². The first-order valence-electron chi connectivity index (χ1n) is 11.9. The molecular formula is C24H23F3N6O5S. The highest BCUT2D eigenvalue weighted by atomic mass is 32.2. The number of carbonyl (C=O) groups is 1. The zero-order chi connectivity index (χ0) is 27.7. The van der Waals surface area contributed by atoms with Crippen LogP contribution in [0.25, 0.3) is 17.1 Å². The minimum atomic E-state index is -4.03. The number of halogens is 3. The van der Waals surface area contributed by atoms with Gasteiger partial charge >= 0.3 is 6.43 Å². The number of piperidine rings is 1. The van der Waals surface area contributed by atoms with E-state index >= 15 is 0 Å². The Morgan fingerprint density at radius 1 is 1.18 bits per heavy atom. The Morgan fingerprint density at radius 3 is 2.62 bits per heavy atom. The van der Waals surface area contributed by atoms with Crippen molar-refractivity contribution in [3.8, 4) is 11.5 Å². The summed E-state index contributed by atoms with van der Waals surface area (Å²) in [6.07, 6.45) is 0.578. The number of benzene rings is 1. The summed E-state index contributed by atoms with van der Waals surface area (Å²) in [5.74, 6) is -2.01. The van der Waals surface area contributed by atoms with Crippen molar-refractivity contribution < 1.29 is 35.9 Å². The third-order valence-corrected chi connectivity index (χ3v) is 8.71. The smallest absolute Gasteiger partial charge is 0.314 e. The van der Waals surface area contributed by atoms with Gasteiger partial charge in [-0.2, -0.15) is 8.78 Å². The van der Waals surface area contributed by atoms with E-state index in [-0.39, 0.29) is 44.1 Å². The first-order chi connectivity index (χ1) is 18.7. The second-order valence-electron chi connectivity index (χ2n) is 8.93. The van der Waals surface area contributed by atoms with Crippen LogP contribution in [-0.2, 0) is 21.4 Å². The topological polar surface area (TPSA) is 134 Å². The van der Waals surface area contributed by atoms with E-state index in [2.05, 4.69) is 15.2 Å². The molecule has 1 aliphatic heterocycles. The van der Waals surface area contributed by atoms with Crippen LogP contribution >= 0.6 is 0 Å². The van der Waals surface area contributed by atoms with Crippen LogP contribution in [0.5, 0.6) is 0 Å². The molecule has 0 spiro atoms. The van der Waals surface area contributed by atoms with Crippen molar-refractivity contribution in [1.29, 1.82) is 0 Å². The molecule has 206 valence electrons. The molecule has 0 saturated carbocycles. The molecule has 0 atom stereocenters. The molecule has 0 aliphatic carbocycles. The average molecular weight is 565 g/mol. The summed E-state index contributed by atoms with van der Waals surface area (Å²) < 4.78 is 75.0. The van der Waals surface area contributed by atoms with E-state index in [1.807, 2.05) is 0 Å². The average Bonchev–Trinajstić information content (AvgIpc) is 3.58. The summed E-state index contributed by atoms with van der Waals surface area (Å²) in [7, 11) is -4.03. The maximum atomic E-state index is 14.1. The van der Waals surface area contributed by atoms with Crippen molar-refractivity contribution in [3.05, 3.63) is 66.2 Å². The summed E-state index contributed by atoms with van der Waals surface area (Å²) in [5.41, 5.74) is 1.17. The van der Waals surface area contributed by atoms with Gasteiger partial charge in [-0.3, -0.25) is 9.10 Å². The van der Waals surface area contributed by atoms with E-state index in [9.17, 15) is 26.4 Å². The van der Waals surface area contributed by atoms with Gasteiger partial charge in [0, 0.05) is 31.0 Å². The van der Waals surface area contributed by atoms with E-state index < -0.39 is 45.9 Å². The SMILES string of the molecule is O=C(CO)N1CCC(S(=O)(=O)N(Cc2cn3ccc(-c4nnc(C(F)F)o4)cc3n2)c2cccc(F)c2)CC1. The fourth-order valence-electron chi connectivity index (χ4n) is 4.47. The number of fused-ring (bicyclic) bond motifs is 1. The molecule has 15 heteroatoms. The number of amides is 1. The zero-order valence-corrected chi connectivity index (χ0v) is 21.1. The summed E-state index contributed by atoms with van der Waals surface area (Å²) in [5, 5.41) is 15.2. The minimum Gasteiger partial charge on any atom is -0.415 e. The Labute approximate surface area is 220 Å². The zero-order valence-electron chi connectivity index (χ0n) is 20.3. The standard InChI is InChI=1S/C24H23F3N6O5S/c25-16-2-1-3-18(11-16)33(39(36,37)19-5-8-31(9-6-19)21(35)14-34)13-17-12-32-7-4-15(10-20(32)28-17)23-29-30-24(38-23)22(26)27/h1-4,7,10-12,19,22,34H,5-6,8-9,13-14H2. The van der Waals surface area contributed by atoms with Crippen molar-refractivity contribution in [2.45, 2.75) is 31.1 Å². The van der Waals surface area contributed by atoms with E-state index in [1.165, 1.54) is 29.2 Å². The lowest BCUT2D eigenvalue weighted by Crippen LogP contribution is -2.47. The van der Waals surface area contributed by atoms with Crippen molar-refractivity contribution in [3.63, 3.8) is 0 Å². The van der Waals surface area contributed by atoms with Gasteiger partial charge in [-0.05, 0) is 43.2 Å². The molecular weight excluding hydrogens is 541 g/mol. The largest absolute Gasteiger partial charge is 0.415 e. The van der Waals surface area contributed by atoms with Crippen LogP contribution in [0.3, 0.4) is 0 Å². The molecule has 1 saturated heterocycles. The van der Waals surface area contributed by atoms with Crippen LogP contribution in [0.4, 0.5) is 18.9 Å². The van der Waals surface area contributed by atoms with Crippen LogP contribution < -0.4 is 4.31 Å². The predicted octanol–water partition coefficient (Wildman–Crippen LogP) is 2.78. The number of hydrogen-bond acceptors (Lipinski definition) is 8. The maximum absolute atomic E-state index is 14.1. The molecule has 5 rings (SSSR count). The number of carbonyl (C=O) groups excluding carboxylic acids is 1. The van der Waals surface area contributed by atoms with E-state index in [1.54, 1.807) is 22.9 Å². The molecule has 0 radical (unpaired) electrons. The lowest BCUT2D eigenvalue weighted by Gasteiger charge is -2.35. The van der Waals surface area contributed by atoms with Crippen molar-refractivity contribution in [2.75, 3.05) is 24.0 Å². The van der Waals surface area contributed by atoms with E-state index in [4.69, 9.17) is 9.52 Å². The van der Waals surface area contributed by atoms with Gasteiger partial charge in [0.05, 0.1) is 23.2 Å². The molecule has 1 N–H and O–H groups in total. The molecule has 3 aromatic heterocycles. The second kappa shape index (κ2) is 10.6. The molecule has 1 aromatic carbocycles. The number of pyridine rings is 1. The van der Waals surface area contributed by atoms with Crippen LogP contribution in [0.1, 0.15) is 30.9 Å². The summed E-state index contributed by atoms with van der Waals surface area (Å²) in [4.78, 5) is 17.7. The first kappa shape index (κ1) is 26.6. The van der Waals surface area contributed by atoms with E-state index in [0.717, 1.165) is 10.4 Å². The quantitative estimate of drug-likeness (QED) is 0.345. The third kappa shape index (κ3) is 5.45. The summed E-state index contributed by atoms with van der Waals surface area (Å²) in [6.45, 7) is -0.530. The molecule has 1 amide bonds. The molecule has 39 heavy (non-hydrogen) atoms. The number of nitrogens with zero attached hydrogens (tertiary/aromatic N) is 6. The van der Waals surface area contributed by atoms with Crippen molar-refractivity contribution >= 4 is 27.3 Å². The molecule has 4 aromatic rings. The number of aliphatic hydroxyl groups is 1. The Hall–Kier alpha value is -3.98. The van der Waals surface area contributed by atoms with Crippen LogP contribution in [0.15, 0.2) is 53.2 Å². The number of hydrogen-bond donors (Lipinski definition) is 1. The van der Waals surface area contributed by atoms with Gasteiger partial charge < -0.3 is 18.8 Å². The van der Waals surface area contributed by atoms with Crippen molar-refractivity contribution in [1.82, 2.24) is 24.5 Å². The van der Waals surface area contributed by atoms with Gasteiger partial charge in [-0.25, -0.2) is 17.8 Å². The highest BCUT2D eigenvalue weighted by Crippen LogP contribution is 2.29. The number of imidazole rings is 1. The normalized spacial score (nSPS) is 14.8. The predicted molar refractivity (Wildman–Crippen MR) is 132 cm³/mol. The minimum absolute atomic E-state index is 0.118. The molecule has 1 fully saturated rings. The molecule has 11 nitrogen and oxygen atoms in total. The van der Waals surface area contributed by atoms with Gasteiger partial charge in [0.2, 0.25) is 21.8 Å². The Bertz CT molecular complexity index is 1600. The van der Waals surface area contributed by atoms with Gasteiger partial charge in [-0.1, -0.05) is 6.07 Å².